The molecule has 102 valence electrons. The van der Waals surface area contributed by atoms with E-state index >= 15 is 0 Å². The average Bonchev–Trinajstić information content (AvgIpc) is 2.28. The molecule has 18 heavy (non-hydrogen) atoms. The van der Waals surface area contributed by atoms with Crippen LogP contribution in [0.3, 0.4) is 0 Å². The van der Waals surface area contributed by atoms with Gasteiger partial charge in [-0.3, -0.25) is 0 Å². The van der Waals surface area contributed by atoms with Crippen molar-refractivity contribution in [1.29, 1.82) is 0 Å². The van der Waals surface area contributed by atoms with E-state index in [1.807, 2.05) is 0 Å². The van der Waals surface area contributed by atoms with Gasteiger partial charge in [-0.05, 0) is 38.8 Å². The van der Waals surface area contributed by atoms with E-state index in [1.54, 1.807) is 0 Å². The van der Waals surface area contributed by atoms with Crippen LogP contribution in [0.5, 0.6) is 0 Å². The second-order valence-corrected chi connectivity index (χ2v) is 5.03. The molecule has 1 unspecified atom stereocenters. The van der Waals surface area contributed by atoms with Crippen LogP contribution in [0.25, 0.3) is 0 Å². The zero-order valence-corrected chi connectivity index (χ0v) is 12.3. The van der Waals surface area contributed by atoms with Gasteiger partial charge in [-0.15, -0.1) is 0 Å². The molecule has 0 radical (unpaired) electrons. The summed E-state index contributed by atoms with van der Waals surface area (Å²) in [4.78, 5) is 0. The van der Waals surface area contributed by atoms with E-state index in [2.05, 4.69) is 51.2 Å². The zero-order chi connectivity index (χ0) is 13.4. The lowest BCUT2D eigenvalue weighted by Crippen LogP contribution is -2.35. The standard InChI is InChI=1S/C16H27NO/c1-5-7-18-12-16(17-6-2)11-15-9-13(3)8-14(4)10-15/h8-10,16-17H,5-7,11-12H2,1-4H3. The maximum absolute atomic E-state index is 5.67. The molecule has 2 heteroatoms. The summed E-state index contributed by atoms with van der Waals surface area (Å²) in [6.45, 7) is 11.3. The van der Waals surface area contributed by atoms with Crippen molar-refractivity contribution in [1.82, 2.24) is 5.32 Å². The van der Waals surface area contributed by atoms with Crippen LogP contribution in [0.4, 0.5) is 0 Å². The first-order valence-electron chi connectivity index (χ1n) is 7.04. The monoisotopic (exact) mass is 249 g/mol. The van der Waals surface area contributed by atoms with Gasteiger partial charge in [-0.25, -0.2) is 0 Å². The summed E-state index contributed by atoms with van der Waals surface area (Å²) in [5.41, 5.74) is 4.09. The molecule has 0 aliphatic heterocycles. The Morgan fingerprint density at radius 3 is 2.33 bits per heavy atom. The second-order valence-electron chi connectivity index (χ2n) is 5.03. The molecule has 0 saturated carbocycles. The lowest BCUT2D eigenvalue weighted by Gasteiger charge is -2.18. The highest BCUT2D eigenvalue weighted by molar-refractivity contribution is 5.29. The minimum atomic E-state index is 0.419. The van der Waals surface area contributed by atoms with E-state index in [-0.39, 0.29) is 0 Å². The molecule has 1 atom stereocenters. The Morgan fingerprint density at radius 2 is 1.78 bits per heavy atom. The van der Waals surface area contributed by atoms with Crippen LogP contribution in [0.15, 0.2) is 18.2 Å². The van der Waals surface area contributed by atoms with E-state index in [1.165, 1.54) is 16.7 Å². The lowest BCUT2D eigenvalue weighted by atomic mass is 10.0. The number of benzene rings is 1. The third-order valence-corrected chi connectivity index (χ3v) is 2.92. The Morgan fingerprint density at radius 1 is 1.11 bits per heavy atom. The fourth-order valence-electron chi connectivity index (χ4n) is 2.32. The normalized spacial score (nSPS) is 12.7. The Kier molecular flexibility index (Phi) is 6.99. The molecule has 0 spiro atoms. The van der Waals surface area contributed by atoms with Crippen molar-refractivity contribution in [2.75, 3.05) is 19.8 Å². The Bertz CT molecular complexity index is 329. The molecule has 0 bridgehead atoms. The number of hydrogen-bond acceptors (Lipinski definition) is 2. The van der Waals surface area contributed by atoms with Gasteiger partial charge in [0.2, 0.25) is 0 Å². The molecule has 0 aliphatic rings. The van der Waals surface area contributed by atoms with E-state index in [0.717, 1.165) is 32.6 Å². The minimum Gasteiger partial charge on any atom is -0.380 e. The lowest BCUT2D eigenvalue weighted by molar-refractivity contribution is 0.112. The Labute approximate surface area is 112 Å². The SMILES string of the molecule is CCCOCC(Cc1cc(C)cc(C)c1)NCC. The topological polar surface area (TPSA) is 21.3 Å². The highest BCUT2D eigenvalue weighted by atomic mass is 16.5. The largest absolute Gasteiger partial charge is 0.380 e. The van der Waals surface area contributed by atoms with Crippen LogP contribution in [-0.4, -0.2) is 25.8 Å². The van der Waals surface area contributed by atoms with Gasteiger partial charge >= 0.3 is 0 Å². The summed E-state index contributed by atoms with van der Waals surface area (Å²) in [7, 11) is 0. The fourth-order valence-corrected chi connectivity index (χ4v) is 2.32. The minimum absolute atomic E-state index is 0.419. The van der Waals surface area contributed by atoms with Gasteiger partial charge in [0.25, 0.3) is 0 Å². The molecule has 0 fully saturated rings. The van der Waals surface area contributed by atoms with E-state index in [9.17, 15) is 0 Å². The zero-order valence-electron chi connectivity index (χ0n) is 12.3. The van der Waals surface area contributed by atoms with Gasteiger partial charge in [0.15, 0.2) is 0 Å². The van der Waals surface area contributed by atoms with Gasteiger partial charge in [-0.2, -0.15) is 0 Å². The number of ether oxygens (including phenoxy) is 1. The fraction of sp³-hybridized carbons (Fsp3) is 0.625. The van der Waals surface area contributed by atoms with Crippen molar-refractivity contribution in [2.45, 2.75) is 46.6 Å². The first kappa shape index (κ1) is 15.2. The third kappa shape index (κ3) is 5.65. The van der Waals surface area contributed by atoms with Crippen LogP contribution in [0, 0.1) is 13.8 Å². The molecular formula is C16H27NO. The predicted molar refractivity (Wildman–Crippen MR) is 78.2 cm³/mol. The average molecular weight is 249 g/mol. The van der Waals surface area contributed by atoms with E-state index in [0.29, 0.717) is 6.04 Å². The van der Waals surface area contributed by atoms with Gasteiger partial charge < -0.3 is 10.1 Å². The highest BCUT2D eigenvalue weighted by Gasteiger charge is 2.09. The summed E-state index contributed by atoms with van der Waals surface area (Å²) in [5.74, 6) is 0. The molecule has 0 heterocycles. The van der Waals surface area contributed by atoms with Crippen molar-refractivity contribution in [2.24, 2.45) is 0 Å². The summed E-state index contributed by atoms with van der Waals surface area (Å²) < 4.78 is 5.67. The molecular weight excluding hydrogens is 222 g/mol. The van der Waals surface area contributed by atoms with Gasteiger partial charge in [0, 0.05) is 12.6 Å². The van der Waals surface area contributed by atoms with Gasteiger partial charge in [-0.1, -0.05) is 43.2 Å². The molecule has 0 aromatic heterocycles. The summed E-state index contributed by atoms with van der Waals surface area (Å²) >= 11 is 0. The Hall–Kier alpha value is -0.860. The highest BCUT2D eigenvalue weighted by Crippen LogP contribution is 2.11. The predicted octanol–water partition coefficient (Wildman–Crippen LogP) is 3.25. The third-order valence-electron chi connectivity index (χ3n) is 2.92. The maximum Gasteiger partial charge on any atom is 0.0622 e. The molecule has 1 aromatic carbocycles. The van der Waals surface area contributed by atoms with Gasteiger partial charge in [0.1, 0.15) is 0 Å². The summed E-state index contributed by atoms with van der Waals surface area (Å²) in [6, 6.07) is 7.19. The first-order valence-corrected chi connectivity index (χ1v) is 7.04. The van der Waals surface area contributed by atoms with Crippen molar-refractivity contribution >= 4 is 0 Å². The molecule has 0 aliphatic carbocycles. The summed E-state index contributed by atoms with van der Waals surface area (Å²) in [5, 5.41) is 3.50. The van der Waals surface area contributed by atoms with Crippen LogP contribution in [0.2, 0.25) is 0 Å². The number of hydrogen-bond donors (Lipinski definition) is 1. The van der Waals surface area contributed by atoms with Crippen molar-refractivity contribution in [3.63, 3.8) is 0 Å². The van der Waals surface area contributed by atoms with Crippen LogP contribution < -0.4 is 5.32 Å². The first-order chi connectivity index (χ1) is 8.65. The quantitative estimate of drug-likeness (QED) is 0.714. The second kappa shape index (κ2) is 8.28. The van der Waals surface area contributed by atoms with Crippen molar-refractivity contribution in [3.05, 3.63) is 34.9 Å². The molecule has 0 saturated heterocycles. The van der Waals surface area contributed by atoms with Gasteiger partial charge in [0.05, 0.1) is 6.61 Å². The molecule has 1 rings (SSSR count). The number of likely N-dealkylation sites (N-methyl/N-ethyl adjacent to an activating group) is 1. The molecule has 1 N–H and O–H groups in total. The molecule has 2 nitrogen and oxygen atoms in total. The van der Waals surface area contributed by atoms with Crippen molar-refractivity contribution < 1.29 is 4.74 Å². The van der Waals surface area contributed by atoms with Crippen LogP contribution in [0.1, 0.15) is 37.0 Å². The maximum atomic E-state index is 5.67. The Balaban J connectivity index is 2.58. The summed E-state index contributed by atoms with van der Waals surface area (Å²) in [6.07, 6.45) is 2.13. The molecule has 0 amide bonds. The van der Waals surface area contributed by atoms with E-state index in [4.69, 9.17) is 4.74 Å². The smallest absolute Gasteiger partial charge is 0.0622 e. The van der Waals surface area contributed by atoms with E-state index < -0.39 is 0 Å². The number of rotatable bonds is 8. The van der Waals surface area contributed by atoms with Crippen LogP contribution in [-0.2, 0) is 11.2 Å². The molecule has 1 aromatic rings. The number of aryl methyl sites for hydroxylation is 2. The number of nitrogens with one attached hydrogen (secondary N) is 1. The van der Waals surface area contributed by atoms with Crippen LogP contribution >= 0.6 is 0 Å². The van der Waals surface area contributed by atoms with Crippen molar-refractivity contribution in [3.8, 4) is 0 Å².